The Morgan fingerprint density at radius 2 is 2.12 bits per heavy atom. The Hall–Kier alpha value is -3.42. The lowest BCUT2D eigenvalue weighted by Crippen LogP contribution is -2.33. The first-order chi connectivity index (χ1) is 12.1. The molecule has 1 aliphatic heterocycles. The van der Waals surface area contributed by atoms with Gasteiger partial charge in [0.1, 0.15) is 5.69 Å². The van der Waals surface area contributed by atoms with Crippen LogP contribution in [-0.2, 0) is 0 Å². The van der Waals surface area contributed by atoms with Gasteiger partial charge in [0.2, 0.25) is 0 Å². The number of aromatic nitrogens is 4. The molecule has 126 valence electrons. The monoisotopic (exact) mass is 336 g/mol. The molecule has 1 amide bonds. The normalized spacial score (nSPS) is 14.6. The average molecular weight is 336 g/mol. The minimum absolute atomic E-state index is 0.298. The SMILES string of the molecule is Nc1ncc(C2=CCN(C(=O)O)CC2)nc1-c1nc2ccccc2[nH]1. The molecule has 0 unspecified atom stereocenters. The maximum absolute atomic E-state index is 11.0. The van der Waals surface area contributed by atoms with Crippen molar-refractivity contribution in [1.29, 1.82) is 0 Å². The number of carboxylic acid groups (broad SMARTS) is 1. The van der Waals surface area contributed by atoms with E-state index in [0.717, 1.165) is 16.6 Å². The quantitative estimate of drug-likeness (QED) is 0.660. The fourth-order valence-corrected chi connectivity index (χ4v) is 2.87. The highest BCUT2D eigenvalue weighted by Crippen LogP contribution is 2.26. The number of para-hydroxylation sites is 2. The predicted octanol–water partition coefficient (Wildman–Crippen LogP) is 2.37. The van der Waals surface area contributed by atoms with Crippen molar-refractivity contribution in [2.45, 2.75) is 6.42 Å². The highest BCUT2D eigenvalue weighted by molar-refractivity contribution is 5.81. The maximum Gasteiger partial charge on any atom is 0.407 e. The van der Waals surface area contributed by atoms with Crippen molar-refractivity contribution < 1.29 is 9.90 Å². The van der Waals surface area contributed by atoms with Gasteiger partial charge in [-0.1, -0.05) is 18.2 Å². The van der Waals surface area contributed by atoms with Gasteiger partial charge in [-0.05, 0) is 24.1 Å². The zero-order chi connectivity index (χ0) is 17.4. The molecular formula is C17H16N6O2. The van der Waals surface area contributed by atoms with Crippen LogP contribution >= 0.6 is 0 Å². The second kappa shape index (κ2) is 5.90. The third kappa shape index (κ3) is 2.78. The molecule has 0 aliphatic carbocycles. The van der Waals surface area contributed by atoms with Crippen molar-refractivity contribution >= 4 is 28.5 Å². The number of hydrogen-bond donors (Lipinski definition) is 3. The molecule has 0 saturated carbocycles. The Labute approximate surface area is 143 Å². The number of carbonyl (C=O) groups is 1. The van der Waals surface area contributed by atoms with E-state index in [1.54, 1.807) is 6.20 Å². The van der Waals surface area contributed by atoms with Crippen LogP contribution in [0.5, 0.6) is 0 Å². The van der Waals surface area contributed by atoms with Gasteiger partial charge in [0.05, 0.1) is 22.9 Å². The van der Waals surface area contributed by atoms with Crippen molar-refractivity contribution in [2.24, 2.45) is 0 Å². The van der Waals surface area contributed by atoms with E-state index in [1.807, 2.05) is 30.3 Å². The smallest absolute Gasteiger partial charge is 0.407 e. The summed E-state index contributed by atoms with van der Waals surface area (Å²) in [5.74, 6) is 0.864. The second-order valence-electron chi connectivity index (χ2n) is 5.80. The molecule has 0 saturated heterocycles. The summed E-state index contributed by atoms with van der Waals surface area (Å²) in [6, 6.07) is 7.69. The fourth-order valence-electron chi connectivity index (χ4n) is 2.87. The number of nitrogens with zero attached hydrogens (tertiary/aromatic N) is 4. The minimum atomic E-state index is -0.915. The topological polar surface area (TPSA) is 121 Å². The van der Waals surface area contributed by atoms with Crippen LogP contribution in [0, 0.1) is 0 Å². The van der Waals surface area contributed by atoms with Gasteiger partial charge in [-0.15, -0.1) is 0 Å². The first-order valence-corrected chi connectivity index (χ1v) is 7.87. The molecule has 2 aromatic heterocycles. The van der Waals surface area contributed by atoms with Crippen LogP contribution < -0.4 is 5.73 Å². The van der Waals surface area contributed by atoms with Gasteiger partial charge in [-0.3, -0.25) is 0 Å². The van der Waals surface area contributed by atoms with E-state index in [2.05, 4.69) is 19.9 Å². The lowest BCUT2D eigenvalue weighted by Gasteiger charge is -2.23. The van der Waals surface area contributed by atoms with Gasteiger partial charge in [-0.2, -0.15) is 0 Å². The largest absolute Gasteiger partial charge is 0.465 e. The standard InChI is InChI=1S/C17H16N6O2/c18-15-14(16-21-11-3-1-2-4-12(11)22-16)20-13(9-19-15)10-5-7-23(8-6-10)17(24)25/h1-5,9H,6-8H2,(H2,18,19)(H,21,22)(H,24,25). The van der Waals surface area contributed by atoms with E-state index in [4.69, 9.17) is 10.8 Å². The highest BCUT2D eigenvalue weighted by atomic mass is 16.4. The number of imidazole rings is 1. The fraction of sp³-hybridized carbons (Fsp3) is 0.176. The zero-order valence-corrected chi connectivity index (χ0v) is 13.3. The number of fused-ring (bicyclic) bond motifs is 1. The third-order valence-corrected chi connectivity index (χ3v) is 4.22. The number of nitrogens with one attached hydrogen (secondary N) is 1. The highest BCUT2D eigenvalue weighted by Gasteiger charge is 2.19. The van der Waals surface area contributed by atoms with E-state index in [9.17, 15) is 4.79 Å². The molecule has 8 heteroatoms. The molecule has 1 aliphatic rings. The minimum Gasteiger partial charge on any atom is -0.465 e. The Morgan fingerprint density at radius 1 is 1.28 bits per heavy atom. The summed E-state index contributed by atoms with van der Waals surface area (Å²) in [4.78, 5) is 28.9. The molecule has 0 radical (unpaired) electrons. The number of aromatic amines is 1. The number of H-pyrrole nitrogens is 1. The summed E-state index contributed by atoms with van der Waals surface area (Å²) in [5.41, 5.74) is 9.87. The molecule has 3 heterocycles. The Bertz CT molecular complexity index is 961. The van der Waals surface area contributed by atoms with Crippen LogP contribution in [-0.4, -0.2) is 49.1 Å². The van der Waals surface area contributed by atoms with Crippen molar-refractivity contribution in [1.82, 2.24) is 24.8 Å². The number of rotatable bonds is 2. The van der Waals surface area contributed by atoms with Gasteiger partial charge < -0.3 is 20.7 Å². The van der Waals surface area contributed by atoms with E-state index in [-0.39, 0.29) is 0 Å². The molecule has 8 nitrogen and oxygen atoms in total. The van der Waals surface area contributed by atoms with Crippen LogP contribution in [0.2, 0.25) is 0 Å². The number of amides is 1. The van der Waals surface area contributed by atoms with Crippen LogP contribution in [0.4, 0.5) is 10.6 Å². The Morgan fingerprint density at radius 3 is 2.84 bits per heavy atom. The summed E-state index contributed by atoms with van der Waals surface area (Å²) < 4.78 is 0. The third-order valence-electron chi connectivity index (χ3n) is 4.22. The van der Waals surface area contributed by atoms with Gasteiger partial charge in [0.15, 0.2) is 11.6 Å². The lowest BCUT2D eigenvalue weighted by molar-refractivity contribution is 0.150. The number of benzene rings is 1. The van der Waals surface area contributed by atoms with Gasteiger partial charge >= 0.3 is 6.09 Å². The number of anilines is 1. The van der Waals surface area contributed by atoms with Crippen molar-refractivity contribution in [2.75, 3.05) is 18.8 Å². The van der Waals surface area contributed by atoms with Gasteiger partial charge in [0.25, 0.3) is 0 Å². The van der Waals surface area contributed by atoms with E-state index in [0.29, 0.717) is 42.5 Å². The molecule has 1 aromatic carbocycles. The van der Waals surface area contributed by atoms with Crippen LogP contribution in [0.25, 0.3) is 28.1 Å². The predicted molar refractivity (Wildman–Crippen MR) is 93.7 cm³/mol. The van der Waals surface area contributed by atoms with Crippen LogP contribution in [0.3, 0.4) is 0 Å². The molecule has 25 heavy (non-hydrogen) atoms. The first-order valence-electron chi connectivity index (χ1n) is 7.87. The maximum atomic E-state index is 11.0. The van der Waals surface area contributed by atoms with Gasteiger partial charge in [-0.25, -0.2) is 19.7 Å². The van der Waals surface area contributed by atoms with Gasteiger partial charge in [0, 0.05) is 13.1 Å². The molecule has 0 fully saturated rings. The molecule has 0 spiro atoms. The summed E-state index contributed by atoms with van der Waals surface area (Å²) in [6.07, 6.45) is 3.15. The summed E-state index contributed by atoms with van der Waals surface area (Å²) in [7, 11) is 0. The number of nitrogen functional groups attached to an aromatic ring is 1. The average Bonchev–Trinajstić information content (AvgIpc) is 3.06. The molecule has 0 bridgehead atoms. The molecule has 3 aromatic rings. The molecular weight excluding hydrogens is 320 g/mol. The van der Waals surface area contributed by atoms with Crippen molar-refractivity contribution in [3.05, 3.63) is 42.2 Å². The van der Waals surface area contributed by atoms with E-state index in [1.165, 1.54) is 4.90 Å². The number of hydrogen-bond acceptors (Lipinski definition) is 5. The summed E-state index contributed by atoms with van der Waals surface area (Å²) in [5, 5.41) is 9.03. The van der Waals surface area contributed by atoms with E-state index < -0.39 is 6.09 Å². The molecule has 0 atom stereocenters. The van der Waals surface area contributed by atoms with Crippen LogP contribution in [0.1, 0.15) is 12.1 Å². The summed E-state index contributed by atoms with van der Waals surface area (Å²) in [6.45, 7) is 0.782. The summed E-state index contributed by atoms with van der Waals surface area (Å²) >= 11 is 0. The first kappa shape index (κ1) is 15.1. The zero-order valence-electron chi connectivity index (χ0n) is 13.3. The second-order valence-corrected chi connectivity index (χ2v) is 5.80. The Balaban J connectivity index is 1.71. The number of nitrogens with two attached hydrogens (primary N) is 1. The van der Waals surface area contributed by atoms with Crippen molar-refractivity contribution in [3.8, 4) is 11.5 Å². The van der Waals surface area contributed by atoms with E-state index >= 15 is 0 Å². The van der Waals surface area contributed by atoms with Crippen LogP contribution in [0.15, 0.2) is 36.5 Å². The lowest BCUT2D eigenvalue weighted by atomic mass is 10.1. The van der Waals surface area contributed by atoms with Crippen molar-refractivity contribution in [3.63, 3.8) is 0 Å². The molecule has 4 rings (SSSR count). The Kier molecular flexibility index (Phi) is 3.57. The molecule has 4 N–H and O–H groups in total.